The van der Waals surface area contributed by atoms with Crippen LogP contribution in [0.3, 0.4) is 0 Å². The van der Waals surface area contributed by atoms with Gasteiger partial charge in [-0.25, -0.2) is 13.4 Å². The number of sulfone groups is 1. The van der Waals surface area contributed by atoms with Crippen LogP contribution in [0.15, 0.2) is 35.3 Å². The zero-order valence-electron chi connectivity index (χ0n) is 12.7. The third kappa shape index (κ3) is 3.12. The molecule has 1 amide bonds. The van der Waals surface area contributed by atoms with E-state index in [-0.39, 0.29) is 35.6 Å². The summed E-state index contributed by atoms with van der Waals surface area (Å²) >= 11 is 0. The second-order valence-electron chi connectivity index (χ2n) is 5.73. The Balaban J connectivity index is 1.86. The minimum Gasteiger partial charge on any atom is -0.340 e. The van der Waals surface area contributed by atoms with Crippen LogP contribution in [0.1, 0.15) is 6.42 Å². The van der Waals surface area contributed by atoms with Crippen LogP contribution in [0.4, 0.5) is 0 Å². The van der Waals surface area contributed by atoms with Gasteiger partial charge in [-0.2, -0.15) is 0 Å². The first-order valence-corrected chi connectivity index (χ1v) is 9.10. The van der Waals surface area contributed by atoms with Gasteiger partial charge in [0.2, 0.25) is 5.91 Å². The van der Waals surface area contributed by atoms with E-state index in [1.807, 2.05) is 6.07 Å². The number of nitrogens with zero attached hydrogens (tertiary/aromatic N) is 3. The Bertz CT molecular complexity index is 920. The van der Waals surface area contributed by atoms with E-state index < -0.39 is 9.84 Å². The molecule has 0 aliphatic carbocycles. The van der Waals surface area contributed by atoms with Gasteiger partial charge in [-0.15, -0.1) is 0 Å². The molecule has 0 bridgehead atoms. The summed E-state index contributed by atoms with van der Waals surface area (Å²) in [7, 11) is -1.48. The SMILES string of the molecule is CN(C(=O)Cn1c(=O)cnc2ccccc21)C1CCS(=O)(=O)C1. The largest absolute Gasteiger partial charge is 0.340 e. The van der Waals surface area contributed by atoms with Crippen molar-refractivity contribution in [2.24, 2.45) is 0 Å². The van der Waals surface area contributed by atoms with Crippen molar-refractivity contribution in [1.29, 1.82) is 0 Å². The topological polar surface area (TPSA) is 89.3 Å². The molecule has 3 rings (SSSR count). The number of para-hydroxylation sites is 2. The molecule has 23 heavy (non-hydrogen) atoms. The average molecular weight is 335 g/mol. The third-order valence-electron chi connectivity index (χ3n) is 4.20. The number of amides is 1. The molecule has 1 aromatic heterocycles. The van der Waals surface area contributed by atoms with E-state index in [1.165, 1.54) is 15.7 Å². The first-order valence-electron chi connectivity index (χ1n) is 7.28. The number of carbonyl (C=O) groups excluding carboxylic acids is 1. The highest BCUT2D eigenvalue weighted by Crippen LogP contribution is 2.17. The number of rotatable bonds is 3. The zero-order chi connectivity index (χ0) is 16.6. The van der Waals surface area contributed by atoms with Gasteiger partial charge in [0.1, 0.15) is 6.54 Å². The molecule has 1 saturated heterocycles. The van der Waals surface area contributed by atoms with Crippen molar-refractivity contribution in [2.45, 2.75) is 19.0 Å². The molecule has 0 N–H and O–H groups in total. The summed E-state index contributed by atoms with van der Waals surface area (Å²) in [6, 6.07) is 6.76. The molecule has 1 fully saturated rings. The Morgan fingerprint density at radius 3 is 2.83 bits per heavy atom. The molecule has 7 nitrogen and oxygen atoms in total. The van der Waals surface area contributed by atoms with Gasteiger partial charge in [0, 0.05) is 13.1 Å². The Morgan fingerprint density at radius 1 is 1.39 bits per heavy atom. The molecule has 1 aliphatic rings. The monoisotopic (exact) mass is 335 g/mol. The van der Waals surface area contributed by atoms with Crippen molar-refractivity contribution >= 4 is 26.8 Å². The normalized spacial score (nSPS) is 19.8. The summed E-state index contributed by atoms with van der Waals surface area (Å²) in [5.41, 5.74) is 0.858. The van der Waals surface area contributed by atoms with E-state index in [2.05, 4.69) is 4.98 Å². The summed E-state index contributed by atoms with van der Waals surface area (Å²) in [5.74, 6) is -0.195. The molecule has 0 spiro atoms. The fourth-order valence-corrected chi connectivity index (χ4v) is 4.58. The van der Waals surface area contributed by atoms with Crippen molar-refractivity contribution in [3.63, 3.8) is 0 Å². The summed E-state index contributed by atoms with van der Waals surface area (Å²) in [6.45, 7) is -0.130. The van der Waals surface area contributed by atoms with Crippen molar-refractivity contribution in [3.8, 4) is 0 Å². The molecule has 1 aliphatic heterocycles. The van der Waals surface area contributed by atoms with Gasteiger partial charge in [0.05, 0.1) is 28.7 Å². The summed E-state index contributed by atoms with van der Waals surface area (Å²) < 4.78 is 24.5. The zero-order valence-corrected chi connectivity index (χ0v) is 13.5. The number of likely N-dealkylation sites (N-methyl/N-ethyl adjacent to an activating group) is 1. The molecule has 1 unspecified atom stereocenters. The first kappa shape index (κ1) is 15.7. The maximum atomic E-state index is 12.5. The second kappa shape index (κ2) is 5.77. The fraction of sp³-hybridized carbons (Fsp3) is 0.400. The predicted molar refractivity (Wildman–Crippen MR) is 85.8 cm³/mol. The van der Waals surface area contributed by atoms with Crippen LogP contribution in [-0.4, -0.2) is 53.4 Å². The lowest BCUT2D eigenvalue weighted by molar-refractivity contribution is -0.132. The quantitative estimate of drug-likeness (QED) is 0.790. The smallest absolute Gasteiger partial charge is 0.269 e. The number of aromatic nitrogens is 2. The molecule has 0 radical (unpaired) electrons. The minimum absolute atomic E-state index is 0.0127. The molecule has 8 heteroatoms. The number of hydrogen-bond donors (Lipinski definition) is 0. The molecule has 2 aromatic rings. The lowest BCUT2D eigenvalue weighted by atomic mass is 10.2. The van der Waals surface area contributed by atoms with E-state index in [1.54, 1.807) is 25.2 Å². The van der Waals surface area contributed by atoms with Gasteiger partial charge in [-0.3, -0.25) is 14.2 Å². The van der Waals surface area contributed by atoms with Gasteiger partial charge in [-0.1, -0.05) is 12.1 Å². The molecule has 0 saturated carbocycles. The van der Waals surface area contributed by atoms with Crippen LogP contribution in [0.5, 0.6) is 0 Å². The van der Waals surface area contributed by atoms with Crippen LogP contribution in [-0.2, 0) is 21.2 Å². The number of carbonyl (C=O) groups is 1. The minimum atomic E-state index is -3.06. The maximum Gasteiger partial charge on any atom is 0.269 e. The van der Waals surface area contributed by atoms with Crippen LogP contribution in [0, 0.1) is 0 Å². The summed E-state index contributed by atoms with van der Waals surface area (Å²) in [6.07, 6.45) is 1.63. The Hall–Kier alpha value is -2.22. The first-order chi connectivity index (χ1) is 10.9. The lowest BCUT2D eigenvalue weighted by Gasteiger charge is -2.24. The van der Waals surface area contributed by atoms with Crippen molar-refractivity contribution in [3.05, 3.63) is 40.8 Å². The van der Waals surface area contributed by atoms with Crippen molar-refractivity contribution < 1.29 is 13.2 Å². The van der Waals surface area contributed by atoms with E-state index >= 15 is 0 Å². The molecule has 1 aromatic carbocycles. The van der Waals surface area contributed by atoms with E-state index in [0.717, 1.165) is 0 Å². The van der Waals surface area contributed by atoms with Gasteiger partial charge in [0.25, 0.3) is 5.56 Å². The van der Waals surface area contributed by atoms with Crippen LogP contribution in [0.25, 0.3) is 11.0 Å². The van der Waals surface area contributed by atoms with Gasteiger partial charge >= 0.3 is 0 Å². The van der Waals surface area contributed by atoms with Gasteiger partial charge < -0.3 is 4.90 Å². The standard InChI is InChI=1S/C15H17N3O4S/c1-17(11-6-7-23(21,22)10-11)15(20)9-18-13-5-3-2-4-12(13)16-8-14(18)19/h2-5,8,11H,6-7,9-10H2,1H3. The molecular formula is C15H17N3O4S. The van der Waals surface area contributed by atoms with Crippen LogP contribution >= 0.6 is 0 Å². The molecular weight excluding hydrogens is 318 g/mol. The molecule has 1 atom stereocenters. The Morgan fingerprint density at radius 2 is 2.13 bits per heavy atom. The van der Waals surface area contributed by atoms with Gasteiger partial charge in [0.15, 0.2) is 9.84 Å². The highest BCUT2D eigenvalue weighted by Gasteiger charge is 2.32. The molecule has 2 heterocycles. The Kier molecular flexibility index (Phi) is 3.93. The number of benzene rings is 1. The number of hydrogen-bond acceptors (Lipinski definition) is 5. The van der Waals surface area contributed by atoms with Crippen LogP contribution in [0.2, 0.25) is 0 Å². The van der Waals surface area contributed by atoms with Gasteiger partial charge in [-0.05, 0) is 18.6 Å². The number of fused-ring (bicyclic) bond motifs is 1. The van der Waals surface area contributed by atoms with E-state index in [4.69, 9.17) is 0 Å². The molecule has 122 valence electrons. The lowest BCUT2D eigenvalue weighted by Crippen LogP contribution is -2.41. The summed E-state index contributed by atoms with van der Waals surface area (Å²) in [4.78, 5) is 30.0. The van der Waals surface area contributed by atoms with Crippen molar-refractivity contribution in [2.75, 3.05) is 18.6 Å². The van der Waals surface area contributed by atoms with Crippen molar-refractivity contribution in [1.82, 2.24) is 14.5 Å². The van der Waals surface area contributed by atoms with E-state index in [9.17, 15) is 18.0 Å². The highest BCUT2D eigenvalue weighted by molar-refractivity contribution is 7.91. The highest BCUT2D eigenvalue weighted by atomic mass is 32.2. The average Bonchev–Trinajstić information content (AvgIpc) is 2.89. The fourth-order valence-electron chi connectivity index (χ4n) is 2.81. The Labute approximate surface area is 133 Å². The third-order valence-corrected chi connectivity index (χ3v) is 5.95. The maximum absolute atomic E-state index is 12.5. The van der Waals surface area contributed by atoms with E-state index in [0.29, 0.717) is 17.5 Å². The summed E-state index contributed by atoms with van der Waals surface area (Å²) in [5, 5.41) is 0. The second-order valence-corrected chi connectivity index (χ2v) is 7.96. The van der Waals surface area contributed by atoms with Crippen LogP contribution < -0.4 is 5.56 Å². The predicted octanol–water partition coefficient (Wildman–Crippen LogP) is 0.0420.